The Hall–Kier alpha value is -2.70. The number of benzene rings is 1. The molecule has 1 amide bonds. The first-order valence-electron chi connectivity index (χ1n) is 6.16. The van der Waals surface area contributed by atoms with Gasteiger partial charge in [-0.2, -0.15) is 4.52 Å². The van der Waals surface area contributed by atoms with Crippen LogP contribution in [0.2, 0.25) is 0 Å². The van der Waals surface area contributed by atoms with Crippen LogP contribution in [0.25, 0.3) is 16.4 Å². The molecule has 0 saturated heterocycles. The fourth-order valence-electron chi connectivity index (χ4n) is 1.95. The molecule has 0 radical (unpaired) electrons. The second kappa shape index (κ2) is 4.16. The summed E-state index contributed by atoms with van der Waals surface area (Å²) >= 11 is 0. The van der Waals surface area contributed by atoms with Crippen LogP contribution in [0.4, 0.5) is 5.95 Å². The summed E-state index contributed by atoms with van der Waals surface area (Å²) in [5.41, 5.74) is 6.05. The lowest BCUT2D eigenvalue weighted by molar-refractivity contribution is -0.121. The maximum Gasteiger partial charge on any atom is 0.242 e. The number of hydrogen-bond acceptors (Lipinski definition) is 5. The zero-order chi connectivity index (χ0) is 14.3. The van der Waals surface area contributed by atoms with Crippen molar-refractivity contribution in [1.82, 2.24) is 19.8 Å². The Morgan fingerprint density at radius 3 is 2.85 bits per heavy atom. The van der Waals surface area contributed by atoms with Crippen LogP contribution in [0.1, 0.15) is 13.8 Å². The van der Waals surface area contributed by atoms with E-state index in [0.29, 0.717) is 5.95 Å². The summed E-state index contributed by atoms with van der Waals surface area (Å²) in [4.78, 5) is 15.9. The molecule has 7 heteroatoms. The maximum atomic E-state index is 11.4. The third-order valence-electron chi connectivity index (χ3n) is 3.20. The maximum absolute atomic E-state index is 11.4. The van der Waals surface area contributed by atoms with Gasteiger partial charge in [-0.15, -0.1) is 5.10 Å². The van der Waals surface area contributed by atoms with Crippen molar-refractivity contribution >= 4 is 28.3 Å². The predicted molar refractivity (Wildman–Crippen MR) is 75.2 cm³/mol. The van der Waals surface area contributed by atoms with Crippen LogP contribution < -0.4 is 11.1 Å². The van der Waals surface area contributed by atoms with Gasteiger partial charge in [-0.3, -0.25) is 4.79 Å². The molecule has 3 N–H and O–H groups in total. The van der Waals surface area contributed by atoms with Gasteiger partial charge in [-0.1, -0.05) is 23.4 Å². The van der Waals surface area contributed by atoms with Crippen molar-refractivity contribution in [2.24, 2.45) is 5.73 Å². The van der Waals surface area contributed by atoms with Crippen LogP contribution in [0.5, 0.6) is 0 Å². The SMILES string of the molecule is CC(C)(Nc1nc2ccccc2c2cnnn12)C(N)=O. The Morgan fingerprint density at radius 2 is 2.10 bits per heavy atom. The van der Waals surface area contributed by atoms with E-state index < -0.39 is 11.4 Å². The lowest BCUT2D eigenvalue weighted by atomic mass is 10.1. The van der Waals surface area contributed by atoms with E-state index in [1.54, 1.807) is 24.6 Å². The molecule has 3 aromatic rings. The third kappa shape index (κ3) is 1.83. The molecule has 3 rings (SSSR count). The van der Waals surface area contributed by atoms with Crippen molar-refractivity contribution < 1.29 is 4.79 Å². The Morgan fingerprint density at radius 1 is 1.35 bits per heavy atom. The molecule has 0 aliphatic heterocycles. The van der Waals surface area contributed by atoms with Crippen molar-refractivity contribution in [3.05, 3.63) is 30.5 Å². The van der Waals surface area contributed by atoms with Crippen molar-refractivity contribution in [2.75, 3.05) is 5.32 Å². The fourth-order valence-corrected chi connectivity index (χ4v) is 1.95. The number of nitrogens with one attached hydrogen (secondary N) is 1. The summed E-state index contributed by atoms with van der Waals surface area (Å²) in [7, 11) is 0. The number of anilines is 1. The van der Waals surface area contributed by atoms with Crippen LogP contribution >= 0.6 is 0 Å². The number of para-hydroxylation sites is 1. The first kappa shape index (κ1) is 12.3. The second-order valence-electron chi connectivity index (χ2n) is 5.10. The van der Waals surface area contributed by atoms with Gasteiger partial charge in [0.05, 0.1) is 17.2 Å². The molecule has 0 aliphatic rings. The molecule has 7 nitrogen and oxygen atoms in total. The molecule has 0 fully saturated rings. The van der Waals surface area contributed by atoms with Crippen LogP contribution in [-0.2, 0) is 4.79 Å². The standard InChI is InChI=1S/C13H14N6O/c1-13(2,11(14)20)17-12-16-9-6-4-3-5-8(9)10-7-15-18-19(10)12/h3-7H,1-2H3,(H2,14,20)(H,16,17). The molecule has 1 aromatic carbocycles. The van der Waals surface area contributed by atoms with E-state index >= 15 is 0 Å². The van der Waals surface area contributed by atoms with Crippen molar-refractivity contribution in [1.29, 1.82) is 0 Å². The minimum Gasteiger partial charge on any atom is -0.368 e. The molecular formula is C13H14N6O. The summed E-state index contributed by atoms with van der Waals surface area (Å²) in [5.74, 6) is -0.0410. The average Bonchev–Trinajstić information content (AvgIpc) is 2.88. The quantitative estimate of drug-likeness (QED) is 0.738. The molecule has 102 valence electrons. The molecule has 2 heterocycles. The normalized spacial score (nSPS) is 11.9. The summed E-state index contributed by atoms with van der Waals surface area (Å²) in [6.07, 6.45) is 1.66. The third-order valence-corrected chi connectivity index (χ3v) is 3.20. The monoisotopic (exact) mass is 270 g/mol. The van der Waals surface area contributed by atoms with Gasteiger partial charge in [0.1, 0.15) is 5.54 Å². The van der Waals surface area contributed by atoms with E-state index in [-0.39, 0.29) is 0 Å². The lowest BCUT2D eigenvalue weighted by Crippen LogP contribution is -2.45. The zero-order valence-corrected chi connectivity index (χ0v) is 11.2. The molecule has 0 aliphatic carbocycles. The van der Waals surface area contributed by atoms with Gasteiger partial charge in [0.15, 0.2) is 0 Å². The van der Waals surface area contributed by atoms with E-state index in [4.69, 9.17) is 5.73 Å². The number of carbonyl (C=O) groups is 1. The molecule has 0 saturated carbocycles. The van der Waals surface area contributed by atoms with Crippen molar-refractivity contribution in [3.8, 4) is 0 Å². The van der Waals surface area contributed by atoms with Gasteiger partial charge in [-0.25, -0.2) is 4.98 Å². The van der Waals surface area contributed by atoms with Gasteiger partial charge < -0.3 is 11.1 Å². The highest BCUT2D eigenvalue weighted by Gasteiger charge is 2.26. The van der Waals surface area contributed by atoms with Gasteiger partial charge in [0, 0.05) is 5.39 Å². The van der Waals surface area contributed by atoms with E-state index in [1.807, 2.05) is 24.3 Å². The summed E-state index contributed by atoms with van der Waals surface area (Å²) in [5, 5.41) is 11.9. The fraction of sp³-hybridized carbons (Fsp3) is 0.231. The van der Waals surface area contributed by atoms with Gasteiger partial charge in [0.25, 0.3) is 0 Å². The molecule has 0 unspecified atom stereocenters. The Bertz CT molecular complexity index is 807. The number of amides is 1. The number of fused-ring (bicyclic) bond motifs is 3. The van der Waals surface area contributed by atoms with Crippen molar-refractivity contribution in [3.63, 3.8) is 0 Å². The molecule has 20 heavy (non-hydrogen) atoms. The molecule has 0 spiro atoms. The number of rotatable bonds is 3. The van der Waals surface area contributed by atoms with Crippen LogP contribution in [0.3, 0.4) is 0 Å². The molecular weight excluding hydrogens is 256 g/mol. The average molecular weight is 270 g/mol. The van der Waals surface area contributed by atoms with E-state index in [0.717, 1.165) is 16.4 Å². The molecule has 2 aromatic heterocycles. The first-order chi connectivity index (χ1) is 9.49. The summed E-state index contributed by atoms with van der Waals surface area (Å²) < 4.78 is 1.56. The minimum atomic E-state index is -0.936. The Balaban J connectivity index is 2.23. The van der Waals surface area contributed by atoms with E-state index in [1.165, 1.54) is 0 Å². The molecule has 0 atom stereocenters. The highest BCUT2D eigenvalue weighted by atomic mass is 16.1. The second-order valence-corrected chi connectivity index (χ2v) is 5.10. The highest BCUT2D eigenvalue weighted by molar-refractivity contribution is 5.94. The highest BCUT2D eigenvalue weighted by Crippen LogP contribution is 2.22. The van der Waals surface area contributed by atoms with Crippen LogP contribution in [0.15, 0.2) is 30.5 Å². The van der Waals surface area contributed by atoms with Crippen molar-refractivity contribution in [2.45, 2.75) is 19.4 Å². The van der Waals surface area contributed by atoms with E-state index in [2.05, 4.69) is 20.6 Å². The summed E-state index contributed by atoms with van der Waals surface area (Å²) in [6.45, 7) is 3.38. The number of primary amides is 1. The largest absolute Gasteiger partial charge is 0.368 e. The Labute approximate surface area is 114 Å². The van der Waals surface area contributed by atoms with E-state index in [9.17, 15) is 4.79 Å². The summed E-state index contributed by atoms with van der Waals surface area (Å²) in [6, 6.07) is 7.67. The number of nitrogens with two attached hydrogens (primary N) is 1. The zero-order valence-electron chi connectivity index (χ0n) is 11.2. The number of carbonyl (C=O) groups excluding carboxylic acids is 1. The van der Waals surface area contributed by atoms with Crippen LogP contribution in [-0.4, -0.2) is 31.3 Å². The number of aromatic nitrogens is 4. The predicted octanol–water partition coefficient (Wildman–Crippen LogP) is 0.953. The van der Waals surface area contributed by atoms with Gasteiger partial charge in [0.2, 0.25) is 11.9 Å². The van der Waals surface area contributed by atoms with Gasteiger partial charge in [-0.05, 0) is 19.9 Å². The van der Waals surface area contributed by atoms with Crippen LogP contribution in [0, 0.1) is 0 Å². The smallest absolute Gasteiger partial charge is 0.242 e. The Kier molecular flexibility index (Phi) is 2.56. The van der Waals surface area contributed by atoms with Gasteiger partial charge >= 0.3 is 0 Å². The molecule has 0 bridgehead atoms. The minimum absolute atomic E-state index is 0.431. The first-order valence-corrected chi connectivity index (χ1v) is 6.16. The number of hydrogen-bond donors (Lipinski definition) is 2. The number of nitrogens with zero attached hydrogens (tertiary/aromatic N) is 4. The topological polar surface area (TPSA) is 98.2 Å². The lowest BCUT2D eigenvalue weighted by Gasteiger charge is -2.23.